The molecule has 0 atom stereocenters. The summed E-state index contributed by atoms with van der Waals surface area (Å²) in [6, 6.07) is 19.0. The van der Waals surface area contributed by atoms with E-state index in [1.165, 1.54) is 17.5 Å². The van der Waals surface area contributed by atoms with Gasteiger partial charge in [-0.3, -0.25) is 4.79 Å². The van der Waals surface area contributed by atoms with E-state index in [-0.39, 0.29) is 11.6 Å². The van der Waals surface area contributed by atoms with Crippen molar-refractivity contribution in [2.75, 3.05) is 16.8 Å². The van der Waals surface area contributed by atoms with E-state index in [1.807, 2.05) is 6.07 Å². The van der Waals surface area contributed by atoms with E-state index in [0.29, 0.717) is 11.3 Å². The molecule has 1 aliphatic heterocycles. The first kappa shape index (κ1) is 16.7. The lowest BCUT2D eigenvalue weighted by atomic mass is 10.00. The molecule has 0 aliphatic carbocycles. The SMILES string of the molecule is N#Cc1ccccc1NC(=O)c1cc(N2CCc3ccccc3C2)ncn1. The Morgan fingerprint density at radius 2 is 1.85 bits per heavy atom. The molecule has 4 rings (SSSR count). The zero-order chi connectivity index (χ0) is 18.6. The molecular weight excluding hydrogens is 338 g/mol. The molecule has 27 heavy (non-hydrogen) atoms. The quantitative estimate of drug-likeness (QED) is 0.780. The van der Waals surface area contributed by atoms with Crippen LogP contribution in [0.2, 0.25) is 0 Å². The second-order valence-electron chi connectivity index (χ2n) is 6.31. The van der Waals surface area contributed by atoms with E-state index in [2.05, 4.69) is 44.5 Å². The average Bonchev–Trinajstić information content (AvgIpc) is 2.74. The van der Waals surface area contributed by atoms with E-state index >= 15 is 0 Å². The van der Waals surface area contributed by atoms with Gasteiger partial charge in [-0.05, 0) is 29.7 Å². The van der Waals surface area contributed by atoms with Crippen molar-refractivity contribution in [3.05, 3.63) is 83.3 Å². The second kappa shape index (κ2) is 7.26. The van der Waals surface area contributed by atoms with Crippen LogP contribution in [0.15, 0.2) is 60.9 Å². The number of nitrogens with one attached hydrogen (secondary N) is 1. The summed E-state index contributed by atoms with van der Waals surface area (Å²) in [7, 11) is 0. The highest BCUT2D eigenvalue weighted by Gasteiger charge is 2.19. The Hall–Kier alpha value is -3.72. The van der Waals surface area contributed by atoms with Crippen molar-refractivity contribution in [2.45, 2.75) is 13.0 Å². The molecule has 0 saturated carbocycles. The maximum absolute atomic E-state index is 12.6. The minimum Gasteiger partial charge on any atom is -0.352 e. The van der Waals surface area contributed by atoms with E-state index in [0.717, 1.165) is 25.3 Å². The van der Waals surface area contributed by atoms with Crippen molar-refractivity contribution in [3.8, 4) is 6.07 Å². The van der Waals surface area contributed by atoms with Gasteiger partial charge in [0, 0.05) is 19.2 Å². The highest BCUT2D eigenvalue weighted by atomic mass is 16.1. The predicted octanol–water partition coefficient (Wildman–Crippen LogP) is 3.16. The fraction of sp³-hybridized carbons (Fsp3) is 0.143. The van der Waals surface area contributed by atoms with E-state index < -0.39 is 0 Å². The predicted molar refractivity (Wildman–Crippen MR) is 102 cm³/mol. The van der Waals surface area contributed by atoms with Crippen molar-refractivity contribution in [1.29, 1.82) is 5.26 Å². The van der Waals surface area contributed by atoms with Crippen molar-refractivity contribution in [1.82, 2.24) is 9.97 Å². The number of nitrogens with zero attached hydrogens (tertiary/aromatic N) is 4. The van der Waals surface area contributed by atoms with Gasteiger partial charge in [0.25, 0.3) is 5.91 Å². The fourth-order valence-corrected chi connectivity index (χ4v) is 3.21. The lowest BCUT2D eigenvalue weighted by molar-refractivity contribution is 0.102. The maximum atomic E-state index is 12.6. The van der Waals surface area contributed by atoms with E-state index in [9.17, 15) is 4.79 Å². The molecule has 3 aromatic rings. The molecule has 0 unspecified atom stereocenters. The smallest absolute Gasteiger partial charge is 0.274 e. The lowest BCUT2D eigenvalue weighted by Crippen LogP contribution is -2.31. The van der Waals surface area contributed by atoms with Gasteiger partial charge in [0.2, 0.25) is 0 Å². The molecule has 1 aromatic heterocycles. The van der Waals surface area contributed by atoms with Gasteiger partial charge in [-0.2, -0.15) is 5.26 Å². The Morgan fingerprint density at radius 3 is 2.70 bits per heavy atom. The third-order valence-electron chi connectivity index (χ3n) is 4.64. The molecule has 0 radical (unpaired) electrons. The van der Waals surface area contributed by atoms with Crippen molar-refractivity contribution < 1.29 is 4.79 Å². The highest BCUT2D eigenvalue weighted by molar-refractivity contribution is 6.03. The summed E-state index contributed by atoms with van der Waals surface area (Å²) < 4.78 is 0. The van der Waals surface area contributed by atoms with Crippen LogP contribution in [-0.2, 0) is 13.0 Å². The molecule has 2 heterocycles. The highest BCUT2D eigenvalue weighted by Crippen LogP contribution is 2.23. The molecule has 0 bridgehead atoms. The number of nitriles is 1. The zero-order valence-electron chi connectivity index (χ0n) is 14.6. The molecule has 132 valence electrons. The summed E-state index contributed by atoms with van der Waals surface area (Å²) in [6.45, 7) is 1.60. The number of anilines is 2. The van der Waals surface area contributed by atoms with E-state index in [4.69, 9.17) is 5.26 Å². The van der Waals surface area contributed by atoms with Crippen LogP contribution in [0.25, 0.3) is 0 Å². The maximum Gasteiger partial charge on any atom is 0.274 e. The molecule has 1 amide bonds. The lowest BCUT2D eigenvalue weighted by Gasteiger charge is -2.29. The Morgan fingerprint density at radius 1 is 1.07 bits per heavy atom. The van der Waals surface area contributed by atoms with Gasteiger partial charge >= 0.3 is 0 Å². The molecule has 6 nitrogen and oxygen atoms in total. The second-order valence-corrected chi connectivity index (χ2v) is 6.31. The number of amides is 1. The van der Waals surface area contributed by atoms with Crippen LogP contribution in [0.4, 0.5) is 11.5 Å². The number of hydrogen-bond donors (Lipinski definition) is 1. The standard InChI is InChI=1S/C21H17N5O/c22-12-16-6-3-4-8-18(16)25-21(27)19-11-20(24-14-23-19)26-10-9-15-5-1-2-7-17(15)13-26/h1-8,11,14H,9-10,13H2,(H,25,27). The third kappa shape index (κ3) is 3.48. The Labute approximate surface area is 157 Å². The normalized spacial score (nSPS) is 12.8. The molecule has 0 fully saturated rings. The average molecular weight is 355 g/mol. The summed E-state index contributed by atoms with van der Waals surface area (Å²) in [4.78, 5) is 23.2. The van der Waals surface area contributed by atoms with Crippen LogP contribution >= 0.6 is 0 Å². The third-order valence-corrected chi connectivity index (χ3v) is 4.64. The van der Waals surface area contributed by atoms with Gasteiger partial charge in [-0.1, -0.05) is 36.4 Å². The summed E-state index contributed by atoms with van der Waals surface area (Å²) in [5.41, 5.74) is 3.78. The number of carbonyl (C=O) groups excluding carboxylic acids is 1. The first-order chi connectivity index (χ1) is 13.2. The van der Waals surface area contributed by atoms with Crippen molar-refractivity contribution in [3.63, 3.8) is 0 Å². The number of fused-ring (bicyclic) bond motifs is 1. The minimum absolute atomic E-state index is 0.270. The molecule has 6 heteroatoms. The molecule has 0 saturated heterocycles. The number of aromatic nitrogens is 2. The molecule has 2 aromatic carbocycles. The van der Waals surface area contributed by atoms with Crippen LogP contribution in [-0.4, -0.2) is 22.4 Å². The summed E-state index contributed by atoms with van der Waals surface area (Å²) in [5.74, 6) is 0.358. The van der Waals surface area contributed by atoms with Gasteiger partial charge in [0.05, 0.1) is 11.3 Å². The van der Waals surface area contributed by atoms with Crippen LogP contribution in [0, 0.1) is 11.3 Å². The van der Waals surface area contributed by atoms with Crippen molar-refractivity contribution in [2.24, 2.45) is 0 Å². The molecule has 1 aliphatic rings. The molecule has 0 spiro atoms. The summed E-state index contributed by atoms with van der Waals surface area (Å²) in [6.07, 6.45) is 2.35. The van der Waals surface area contributed by atoms with Gasteiger partial charge in [0.1, 0.15) is 23.9 Å². The van der Waals surface area contributed by atoms with Gasteiger partial charge in [0.15, 0.2) is 0 Å². The minimum atomic E-state index is -0.362. The molecule has 1 N–H and O–H groups in total. The van der Waals surface area contributed by atoms with Crippen LogP contribution in [0.3, 0.4) is 0 Å². The molecular formula is C21H17N5O. The number of para-hydroxylation sites is 1. The number of benzene rings is 2. The topological polar surface area (TPSA) is 81.9 Å². The number of hydrogen-bond acceptors (Lipinski definition) is 5. The first-order valence-corrected chi connectivity index (χ1v) is 8.69. The van der Waals surface area contributed by atoms with Gasteiger partial charge in [-0.15, -0.1) is 0 Å². The fourth-order valence-electron chi connectivity index (χ4n) is 3.21. The Bertz CT molecular complexity index is 1040. The largest absolute Gasteiger partial charge is 0.352 e. The Kier molecular flexibility index (Phi) is 4.50. The van der Waals surface area contributed by atoms with Gasteiger partial charge < -0.3 is 10.2 Å². The Balaban J connectivity index is 1.54. The summed E-state index contributed by atoms with van der Waals surface area (Å²) >= 11 is 0. The number of rotatable bonds is 3. The van der Waals surface area contributed by atoms with Crippen LogP contribution in [0.5, 0.6) is 0 Å². The zero-order valence-corrected chi connectivity index (χ0v) is 14.6. The van der Waals surface area contributed by atoms with Gasteiger partial charge in [-0.25, -0.2) is 9.97 Å². The van der Waals surface area contributed by atoms with Crippen molar-refractivity contribution >= 4 is 17.4 Å². The van der Waals surface area contributed by atoms with E-state index in [1.54, 1.807) is 30.3 Å². The van der Waals surface area contributed by atoms with Crippen LogP contribution < -0.4 is 10.2 Å². The van der Waals surface area contributed by atoms with Crippen LogP contribution in [0.1, 0.15) is 27.2 Å². The number of carbonyl (C=O) groups is 1. The summed E-state index contributed by atoms with van der Waals surface area (Å²) in [5, 5.41) is 11.9. The monoisotopic (exact) mass is 355 g/mol. The first-order valence-electron chi connectivity index (χ1n) is 8.69.